The van der Waals surface area contributed by atoms with Gasteiger partial charge in [0.1, 0.15) is 5.82 Å². The van der Waals surface area contributed by atoms with Gasteiger partial charge in [0.25, 0.3) is 0 Å². The van der Waals surface area contributed by atoms with Crippen LogP contribution in [0.2, 0.25) is 0 Å². The molecule has 0 atom stereocenters. The van der Waals surface area contributed by atoms with Crippen molar-refractivity contribution >= 4 is 11.8 Å². The third-order valence-corrected chi connectivity index (χ3v) is 2.85. The van der Waals surface area contributed by atoms with Crippen LogP contribution in [0.5, 0.6) is 0 Å². The molecule has 0 aromatic heterocycles. The molecule has 2 amide bonds. The van der Waals surface area contributed by atoms with Gasteiger partial charge in [0.05, 0.1) is 0 Å². The Morgan fingerprint density at radius 1 is 1.05 bits per heavy atom. The number of carbonyl (C=O) groups excluding carboxylic acids is 2. The Bertz CT molecular complexity index is 432. The lowest BCUT2D eigenvalue weighted by Crippen LogP contribution is -2.30. The molecule has 0 saturated carbocycles. The van der Waals surface area contributed by atoms with Gasteiger partial charge in [-0.3, -0.25) is 9.59 Å². The van der Waals surface area contributed by atoms with Crippen LogP contribution in [-0.2, 0) is 16.0 Å². The van der Waals surface area contributed by atoms with Gasteiger partial charge in [-0.25, -0.2) is 4.39 Å². The van der Waals surface area contributed by atoms with E-state index < -0.39 is 0 Å². The number of nitrogens with one attached hydrogen (secondary N) is 2. The molecule has 0 unspecified atom stereocenters. The average molecular weight is 280 g/mol. The lowest BCUT2D eigenvalue weighted by molar-refractivity contribution is -0.121. The number of hydrogen-bond donors (Lipinski definition) is 2. The quantitative estimate of drug-likeness (QED) is 0.713. The molecule has 4 nitrogen and oxygen atoms in total. The molecule has 0 fully saturated rings. The highest BCUT2D eigenvalue weighted by Gasteiger charge is 2.01. The van der Waals surface area contributed by atoms with E-state index in [1.807, 2.05) is 0 Å². The van der Waals surface area contributed by atoms with Gasteiger partial charge in [-0.1, -0.05) is 12.1 Å². The predicted octanol–water partition coefficient (Wildman–Crippen LogP) is 1.79. The maximum absolute atomic E-state index is 12.7. The topological polar surface area (TPSA) is 58.2 Å². The number of rotatable bonds is 8. The summed E-state index contributed by atoms with van der Waals surface area (Å²) >= 11 is 0. The zero-order valence-corrected chi connectivity index (χ0v) is 11.7. The molecule has 1 aromatic carbocycles. The molecular formula is C15H21FN2O2. The van der Waals surface area contributed by atoms with Crippen molar-refractivity contribution in [3.8, 4) is 0 Å². The van der Waals surface area contributed by atoms with E-state index in [9.17, 15) is 14.0 Å². The van der Waals surface area contributed by atoms with E-state index in [0.717, 1.165) is 24.8 Å². The number of unbranched alkanes of at least 4 members (excludes halogenated alkanes) is 1. The first-order valence-corrected chi connectivity index (χ1v) is 6.83. The molecular weight excluding hydrogens is 259 g/mol. The minimum absolute atomic E-state index is 0.0551. The fourth-order valence-electron chi connectivity index (χ4n) is 1.77. The van der Waals surface area contributed by atoms with Crippen molar-refractivity contribution in [3.63, 3.8) is 0 Å². The van der Waals surface area contributed by atoms with Crippen molar-refractivity contribution in [3.05, 3.63) is 35.6 Å². The molecule has 1 rings (SSSR count). The van der Waals surface area contributed by atoms with Crippen molar-refractivity contribution in [2.45, 2.75) is 32.6 Å². The Balaban J connectivity index is 2.02. The first kappa shape index (κ1) is 16.1. The molecule has 20 heavy (non-hydrogen) atoms. The summed E-state index contributed by atoms with van der Waals surface area (Å²) in [6.07, 6.45) is 3.00. The highest BCUT2D eigenvalue weighted by atomic mass is 19.1. The van der Waals surface area contributed by atoms with Gasteiger partial charge >= 0.3 is 0 Å². The lowest BCUT2D eigenvalue weighted by atomic mass is 10.1. The van der Waals surface area contributed by atoms with Crippen molar-refractivity contribution in [2.75, 3.05) is 13.1 Å². The van der Waals surface area contributed by atoms with Crippen molar-refractivity contribution in [1.82, 2.24) is 10.6 Å². The minimum Gasteiger partial charge on any atom is -0.356 e. The van der Waals surface area contributed by atoms with Gasteiger partial charge in [0.2, 0.25) is 11.8 Å². The van der Waals surface area contributed by atoms with Gasteiger partial charge < -0.3 is 10.6 Å². The first-order chi connectivity index (χ1) is 9.58. The number of amides is 2. The van der Waals surface area contributed by atoms with Crippen LogP contribution in [0.1, 0.15) is 31.7 Å². The molecule has 0 radical (unpaired) electrons. The molecule has 0 bridgehead atoms. The fourth-order valence-corrected chi connectivity index (χ4v) is 1.77. The van der Waals surface area contributed by atoms with Crippen LogP contribution in [0, 0.1) is 5.82 Å². The lowest BCUT2D eigenvalue weighted by Gasteiger charge is -2.06. The maximum Gasteiger partial charge on any atom is 0.221 e. The Morgan fingerprint density at radius 2 is 1.75 bits per heavy atom. The van der Waals surface area contributed by atoms with Gasteiger partial charge in [-0.05, 0) is 37.0 Å². The number of halogens is 1. The van der Waals surface area contributed by atoms with Gasteiger partial charge in [0.15, 0.2) is 0 Å². The SMILES string of the molecule is CC(=O)NCCC(=O)NCCCCc1ccc(F)cc1. The van der Waals surface area contributed by atoms with Crippen LogP contribution in [0.4, 0.5) is 4.39 Å². The van der Waals surface area contributed by atoms with Gasteiger partial charge in [-0.2, -0.15) is 0 Å². The maximum atomic E-state index is 12.7. The zero-order chi connectivity index (χ0) is 14.8. The van der Waals surface area contributed by atoms with Crippen molar-refractivity contribution in [1.29, 1.82) is 0 Å². The second-order valence-corrected chi connectivity index (χ2v) is 4.67. The monoisotopic (exact) mass is 280 g/mol. The normalized spacial score (nSPS) is 10.1. The smallest absolute Gasteiger partial charge is 0.221 e. The van der Waals surface area contributed by atoms with Crippen molar-refractivity contribution < 1.29 is 14.0 Å². The molecule has 0 aliphatic heterocycles. The summed E-state index contributed by atoms with van der Waals surface area (Å²) in [5, 5.41) is 5.38. The van der Waals surface area contributed by atoms with E-state index in [0.29, 0.717) is 19.5 Å². The van der Waals surface area contributed by atoms with E-state index >= 15 is 0 Å². The number of aryl methyl sites for hydroxylation is 1. The van der Waals surface area contributed by atoms with Crippen LogP contribution in [-0.4, -0.2) is 24.9 Å². The summed E-state index contributed by atoms with van der Waals surface area (Å²) in [5.74, 6) is -0.405. The molecule has 110 valence electrons. The first-order valence-electron chi connectivity index (χ1n) is 6.83. The van der Waals surface area contributed by atoms with Crippen LogP contribution in [0.15, 0.2) is 24.3 Å². The van der Waals surface area contributed by atoms with E-state index in [1.54, 1.807) is 12.1 Å². The largest absolute Gasteiger partial charge is 0.356 e. The molecule has 2 N–H and O–H groups in total. The molecule has 0 spiro atoms. The minimum atomic E-state index is -0.222. The average Bonchev–Trinajstić information content (AvgIpc) is 2.40. The van der Waals surface area contributed by atoms with Gasteiger partial charge in [-0.15, -0.1) is 0 Å². The summed E-state index contributed by atoms with van der Waals surface area (Å²) in [4.78, 5) is 22.0. The summed E-state index contributed by atoms with van der Waals surface area (Å²) < 4.78 is 12.7. The number of carbonyl (C=O) groups is 2. The molecule has 0 saturated heterocycles. The number of hydrogen-bond acceptors (Lipinski definition) is 2. The molecule has 5 heteroatoms. The summed E-state index contributed by atoms with van der Waals surface area (Å²) in [7, 11) is 0. The summed E-state index contributed by atoms with van der Waals surface area (Å²) in [5.41, 5.74) is 1.10. The third kappa shape index (κ3) is 7.51. The fraction of sp³-hybridized carbons (Fsp3) is 0.467. The highest BCUT2D eigenvalue weighted by molar-refractivity contribution is 5.77. The van der Waals surface area contributed by atoms with Crippen LogP contribution < -0.4 is 10.6 Å². The molecule has 1 aromatic rings. The molecule has 0 aliphatic rings. The third-order valence-electron chi connectivity index (χ3n) is 2.85. The zero-order valence-electron chi connectivity index (χ0n) is 11.7. The van der Waals surface area contributed by atoms with Crippen molar-refractivity contribution in [2.24, 2.45) is 0 Å². The van der Waals surface area contributed by atoms with E-state index in [1.165, 1.54) is 19.1 Å². The summed E-state index contributed by atoms with van der Waals surface area (Å²) in [6, 6.07) is 6.47. The Hall–Kier alpha value is -1.91. The van der Waals surface area contributed by atoms with E-state index in [2.05, 4.69) is 10.6 Å². The Morgan fingerprint density at radius 3 is 2.40 bits per heavy atom. The standard InChI is InChI=1S/C15H21FN2O2/c1-12(19)17-11-9-15(20)18-10-3-2-4-13-5-7-14(16)8-6-13/h5-8H,2-4,9-11H2,1H3,(H,17,19)(H,18,20). The van der Waals surface area contributed by atoms with E-state index in [-0.39, 0.29) is 17.6 Å². The van der Waals surface area contributed by atoms with Gasteiger partial charge in [0, 0.05) is 26.4 Å². The van der Waals surface area contributed by atoms with Crippen LogP contribution in [0.3, 0.4) is 0 Å². The Labute approximate surface area is 118 Å². The highest BCUT2D eigenvalue weighted by Crippen LogP contribution is 2.06. The molecule has 0 heterocycles. The van der Waals surface area contributed by atoms with E-state index in [4.69, 9.17) is 0 Å². The summed E-state index contributed by atoms with van der Waals surface area (Å²) in [6.45, 7) is 2.42. The van der Waals surface area contributed by atoms with Crippen LogP contribution >= 0.6 is 0 Å². The second-order valence-electron chi connectivity index (χ2n) is 4.67. The molecule has 0 aliphatic carbocycles. The number of benzene rings is 1. The second kappa shape index (κ2) is 9.07. The predicted molar refractivity (Wildman–Crippen MR) is 75.6 cm³/mol. The van der Waals surface area contributed by atoms with Crippen LogP contribution in [0.25, 0.3) is 0 Å². The Kier molecular flexibility index (Phi) is 7.32.